The molecule has 18 heavy (non-hydrogen) atoms. The molecule has 0 aliphatic heterocycles. The van der Waals surface area contributed by atoms with Crippen LogP contribution in [0.3, 0.4) is 0 Å². The van der Waals surface area contributed by atoms with Gasteiger partial charge >= 0.3 is 6.01 Å². The van der Waals surface area contributed by atoms with Crippen molar-refractivity contribution in [2.24, 2.45) is 5.92 Å². The molecule has 0 bridgehead atoms. The Morgan fingerprint density at radius 3 is 2.72 bits per heavy atom. The van der Waals surface area contributed by atoms with Crippen LogP contribution in [0.1, 0.15) is 52.0 Å². The van der Waals surface area contributed by atoms with E-state index in [1.165, 1.54) is 12.8 Å². The third-order valence-electron chi connectivity index (χ3n) is 3.72. The van der Waals surface area contributed by atoms with Crippen molar-refractivity contribution in [2.75, 3.05) is 18.5 Å². The summed E-state index contributed by atoms with van der Waals surface area (Å²) in [4.78, 5) is 2.10. The molecule has 5 heteroatoms. The maximum absolute atomic E-state index is 5.74. The first-order valence-corrected chi connectivity index (χ1v) is 6.93. The van der Waals surface area contributed by atoms with Gasteiger partial charge in [0.15, 0.2) is 0 Å². The van der Waals surface area contributed by atoms with E-state index in [4.69, 9.17) is 4.42 Å². The van der Waals surface area contributed by atoms with Gasteiger partial charge in [-0.1, -0.05) is 12.0 Å². The molecule has 0 aromatic carbocycles. The third-order valence-corrected chi connectivity index (χ3v) is 3.72. The monoisotopic (exact) mass is 252 g/mol. The predicted octanol–water partition coefficient (Wildman–Crippen LogP) is 2.36. The fraction of sp³-hybridized carbons (Fsp3) is 0.846. The Hall–Kier alpha value is -1.10. The van der Waals surface area contributed by atoms with Crippen molar-refractivity contribution in [1.82, 2.24) is 15.5 Å². The van der Waals surface area contributed by atoms with Crippen LogP contribution in [-0.4, -0.2) is 29.8 Å². The van der Waals surface area contributed by atoms with Crippen LogP contribution in [0, 0.1) is 5.92 Å². The quantitative estimate of drug-likeness (QED) is 0.807. The van der Waals surface area contributed by atoms with Crippen molar-refractivity contribution in [3.8, 4) is 0 Å². The molecule has 5 nitrogen and oxygen atoms in total. The van der Waals surface area contributed by atoms with Crippen molar-refractivity contribution in [3.05, 3.63) is 5.89 Å². The number of nitrogens with zero attached hydrogens (tertiary/aromatic N) is 3. The van der Waals surface area contributed by atoms with E-state index in [0.717, 1.165) is 18.9 Å². The zero-order valence-electron chi connectivity index (χ0n) is 11.8. The van der Waals surface area contributed by atoms with Crippen molar-refractivity contribution in [2.45, 2.75) is 52.1 Å². The summed E-state index contributed by atoms with van der Waals surface area (Å²) < 4.78 is 5.74. The lowest BCUT2D eigenvalue weighted by Gasteiger charge is -2.22. The molecule has 1 N–H and O–H groups in total. The highest BCUT2D eigenvalue weighted by molar-refractivity contribution is 5.25. The zero-order valence-corrected chi connectivity index (χ0v) is 11.8. The van der Waals surface area contributed by atoms with E-state index in [1.807, 2.05) is 7.05 Å². The lowest BCUT2D eigenvalue weighted by Crippen LogP contribution is -2.30. The molecule has 2 atom stereocenters. The first-order chi connectivity index (χ1) is 8.63. The molecular formula is C13H24N4O. The van der Waals surface area contributed by atoms with Gasteiger partial charge in [0.2, 0.25) is 5.89 Å². The summed E-state index contributed by atoms with van der Waals surface area (Å²) in [6, 6.07) is 1.24. The molecule has 0 radical (unpaired) electrons. The van der Waals surface area contributed by atoms with Crippen molar-refractivity contribution in [3.63, 3.8) is 0 Å². The van der Waals surface area contributed by atoms with Crippen LogP contribution >= 0.6 is 0 Å². The molecule has 2 unspecified atom stereocenters. The van der Waals surface area contributed by atoms with Crippen LogP contribution in [0.15, 0.2) is 4.42 Å². The number of hydrogen-bond acceptors (Lipinski definition) is 5. The Bertz CT molecular complexity index is 375. The third kappa shape index (κ3) is 3.02. The number of anilines is 1. The van der Waals surface area contributed by atoms with Gasteiger partial charge in [-0.2, -0.15) is 0 Å². The van der Waals surface area contributed by atoms with Gasteiger partial charge in [0.1, 0.15) is 0 Å². The summed E-state index contributed by atoms with van der Waals surface area (Å²) >= 11 is 0. The Balaban J connectivity index is 1.95. The number of aromatic nitrogens is 2. The second kappa shape index (κ2) is 5.69. The topological polar surface area (TPSA) is 54.2 Å². The van der Waals surface area contributed by atoms with Crippen LogP contribution in [0.25, 0.3) is 0 Å². The molecule has 1 fully saturated rings. The average Bonchev–Trinajstić information content (AvgIpc) is 3.11. The molecule has 1 aliphatic rings. The SMILES string of the molecule is CCCNC(C)c1nnc(N(C)C(C)C2CC2)o1. The number of rotatable bonds is 7. The summed E-state index contributed by atoms with van der Waals surface area (Å²) in [5.74, 6) is 1.47. The smallest absolute Gasteiger partial charge is 0.318 e. The fourth-order valence-corrected chi connectivity index (χ4v) is 2.06. The van der Waals surface area contributed by atoms with Gasteiger partial charge in [0.25, 0.3) is 0 Å². The van der Waals surface area contributed by atoms with Crippen molar-refractivity contribution >= 4 is 6.01 Å². The van der Waals surface area contributed by atoms with E-state index in [0.29, 0.717) is 17.9 Å². The fourth-order valence-electron chi connectivity index (χ4n) is 2.06. The molecule has 1 aliphatic carbocycles. The molecule has 0 saturated heterocycles. The van der Waals surface area contributed by atoms with Gasteiger partial charge in [0, 0.05) is 13.1 Å². The molecular weight excluding hydrogens is 228 g/mol. The molecule has 1 saturated carbocycles. The highest BCUT2D eigenvalue weighted by Crippen LogP contribution is 2.36. The second-order valence-electron chi connectivity index (χ2n) is 5.29. The van der Waals surface area contributed by atoms with Gasteiger partial charge in [-0.15, -0.1) is 5.10 Å². The molecule has 0 spiro atoms. The van der Waals surface area contributed by atoms with Crippen LogP contribution in [0.2, 0.25) is 0 Å². The summed E-state index contributed by atoms with van der Waals surface area (Å²) in [5, 5.41) is 11.6. The van der Waals surface area contributed by atoms with E-state index in [2.05, 4.69) is 41.2 Å². The maximum atomic E-state index is 5.74. The van der Waals surface area contributed by atoms with Gasteiger partial charge in [0.05, 0.1) is 6.04 Å². The van der Waals surface area contributed by atoms with E-state index in [9.17, 15) is 0 Å². The lowest BCUT2D eigenvalue weighted by molar-refractivity contribution is 0.408. The Kier molecular flexibility index (Phi) is 4.22. The number of nitrogens with one attached hydrogen (secondary N) is 1. The highest BCUT2D eigenvalue weighted by atomic mass is 16.4. The minimum Gasteiger partial charge on any atom is -0.406 e. The van der Waals surface area contributed by atoms with Crippen LogP contribution in [-0.2, 0) is 0 Å². The van der Waals surface area contributed by atoms with Crippen LogP contribution in [0.5, 0.6) is 0 Å². The molecule has 1 heterocycles. The molecule has 0 amide bonds. The van der Waals surface area contributed by atoms with E-state index < -0.39 is 0 Å². The van der Waals surface area contributed by atoms with Crippen molar-refractivity contribution < 1.29 is 4.42 Å². The van der Waals surface area contributed by atoms with Crippen LogP contribution in [0.4, 0.5) is 6.01 Å². The van der Waals surface area contributed by atoms with Crippen molar-refractivity contribution in [1.29, 1.82) is 0 Å². The van der Waals surface area contributed by atoms with Gasteiger partial charge in [-0.05, 0) is 45.6 Å². The Morgan fingerprint density at radius 1 is 1.39 bits per heavy atom. The summed E-state index contributed by atoms with van der Waals surface area (Å²) in [7, 11) is 2.03. The minimum atomic E-state index is 0.121. The Labute approximate surface area is 109 Å². The molecule has 2 rings (SSSR count). The van der Waals surface area contributed by atoms with Crippen LogP contribution < -0.4 is 10.2 Å². The maximum Gasteiger partial charge on any atom is 0.318 e. The van der Waals surface area contributed by atoms with Gasteiger partial charge in [-0.25, -0.2) is 0 Å². The summed E-state index contributed by atoms with van der Waals surface area (Å²) in [6.45, 7) is 7.38. The van der Waals surface area contributed by atoms with Gasteiger partial charge in [-0.3, -0.25) is 0 Å². The minimum absolute atomic E-state index is 0.121. The van der Waals surface area contributed by atoms with E-state index in [-0.39, 0.29) is 6.04 Å². The highest BCUT2D eigenvalue weighted by Gasteiger charge is 2.32. The normalized spacial score (nSPS) is 18.7. The van der Waals surface area contributed by atoms with E-state index >= 15 is 0 Å². The zero-order chi connectivity index (χ0) is 13.1. The Morgan fingerprint density at radius 2 is 2.11 bits per heavy atom. The average molecular weight is 252 g/mol. The van der Waals surface area contributed by atoms with E-state index in [1.54, 1.807) is 0 Å². The summed E-state index contributed by atoms with van der Waals surface area (Å²) in [6.07, 6.45) is 3.74. The standard InChI is InChI=1S/C13H24N4O/c1-5-8-14-9(2)12-15-16-13(18-12)17(4)10(3)11-6-7-11/h9-11,14H,5-8H2,1-4H3. The molecule has 1 aromatic rings. The largest absolute Gasteiger partial charge is 0.406 e. The number of hydrogen-bond donors (Lipinski definition) is 1. The first kappa shape index (κ1) is 13.3. The second-order valence-corrected chi connectivity index (χ2v) is 5.29. The lowest BCUT2D eigenvalue weighted by atomic mass is 10.2. The summed E-state index contributed by atoms with van der Waals surface area (Å²) in [5.41, 5.74) is 0. The molecule has 102 valence electrons. The molecule has 1 aromatic heterocycles. The van der Waals surface area contributed by atoms with Gasteiger partial charge < -0.3 is 14.6 Å². The first-order valence-electron chi connectivity index (χ1n) is 6.93. The predicted molar refractivity (Wildman–Crippen MR) is 71.6 cm³/mol.